The minimum Gasteiger partial charge on any atom is -0.381 e. The predicted octanol–water partition coefficient (Wildman–Crippen LogP) is 4.01. The van der Waals surface area contributed by atoms with Gasteiger partial charge in [0.1, 0.15) is 17.2 Å². The van der Waals surface area contributed by atoms with Gasteiger partial charge in [-0.05, 0) is 38.1 Å². The molecular weight excluding hydrogens is 350 g/mol. The van der Waals surface area contributed by atoms with Gasteiger partial charge in [-0.25, -0.2) is 19.3 Å². The molecule has 0 atom stereocenters. The summed E-state index contributed by atoms with van der Waals surface area (Å²) in [5, 5.41) is 2.91. The van der Waals surface area contributed by atoms with Crippen molar-refractivity contribution in [2.45, 2.75) is 13.8 Å². The molecule has 0 unspecified atom stereocenters. The van der Waals surface area contributed by atoms with Gasteiger partial charge in [-0.3, -0.25) is 4.40 Å². The van der Waals surface area contributed by atoms with Crippen molar-refractivity contribution in [2.24, 2.45) is 0 Å². The number of rotatable bonds is 3. The first kappa shape index (κ1) is 16.9. The molecule has 0 bridgehead atoms. The summed E-state index contributed by atoms with van der Waals surface area (Å²) in [5.74, 6) is -1.40. The maximum absolute atomic E-state index is 14.5. The maximum atomic E-state index is 14.5. The van der Waals surface area contributed by atoms with Crippen LogP contribution in [0.2, 0.25) is 0 Å². The first-order valence-electron chi connectivity index (χ1n) is 8.23. The van der Waals surface area contributed by atoms with E-state index in [4.69, 9.17) is 5.73 Å². The van der Waals surface area contributed by atoms with Crippen LogP contribution in [0, 0.1) is 25.5 Å². The van der Waals surface area contributed by atoms with Crippen molar-refractivity contribution < 1.29 is 8.78 Å². The number of pyridine rings is 1. The van der Waals surface area contributed by atoms with E-state index >= 15 is 0 Å². The van der Waals surface area contributed by atoms with Crippen LogP contribution < -0.4 is 11.1 Å². The fraction of sp³-hybridized carbons (Fsp3) is 0.105. The van der Waals surface area contributed by atoms with Gasteiger partial charge in [0.2, 0.25) is 5.82 Å². The third-order valence-corrected chi connectivity index (χ3v) is 4.16. The Morgan fingerprint density at radius 3 is 2.44 bits per heavy atom. The molecule has 0 radical (unpaired) electrons. The van der Waals surface area contributed by atoms with Crippen molar-refractivity contribution in [2.75, 3.05) is 11.1 Å². The van der Waals surface area contributed by atoms with E-state index < -0.39 is 11.6 Å². The van der Waals surface area contributed by atoms with Gasteiger partial charge in [0.05, 0.1) is 5.69 Å². The maximum Gasteiger partial charge on any atom is 0.207 e. The largest absolute Gasteiger partial charge is 0.381 e. The standard InChI is InChI=1S/C19H16F2N6/c1-10-3-6-13(7-4-10)24-18-15(21)17(22)25-19(26-18)16-11(2)23-14-8-5-12(20)9-27(14)16/h3-9H,1-2H3,(H3,22,24,25,26). The van der Waals surface area contributed by atoms with Crippen LogP contribution in [0.1, 0.15) is 11.3 Å². The molecule has 136 valence electrons. The lowest BCUT2D eigenvalue weighted by Crippen LogP contribution is -2.07. The van der Waals surface area contributed by atoms with Crippen molar-refractivity contribution in [1.82, 2.24) is 19.4 Å². The Morgan fingerprint density at radius 2 is 1.70 bits per heavy atom. The molecule has 0 aliphatic rings. The highest BCUT2D eigenvalue weighted by molar-refractivity contribution is 5.67. The van der Waals surface area contributed by atoms with E-state index in [2.05, 4.69) is 20.3 Å². The zero-order chi connectivity index (χ0) is 19.1. The molecule has 4 aromatic rings. The molecule has 8 heteroatoms. The van der Waals surface area contributed by atoms with Gasteiger partial charge >= 0.3 is 0 Å². The molecule has 0 saturated heterocycles. The van der Waals surface area contributed by atoms with Crippen LogP contribution in [0.5, 0.6) is 0 Å². The first-order chi connectivity index (χ1) is 12.9. The molecule has 3 N–H and O–H groups in total. The van der Waals surface area contributed by atoms with Crippen LogP contribution >= 0.6 is 0 Å². The summed E-state index contributed by atoms with van der Waals surface area (Å²) in [6, 6.07) is 10.3. The number of fused-ring (bicyclic) bond motifs is 1. The van der Waals surface area contributed by atoms with Crippen LogP contribution in [0.25, 0.3) is 17.2 Å². The highest BCUT2D eigenvalue weighted by Crippen LogP contribution is 2.28. The summed E-state index contributed by atoms with van der Waals surface area (Å²) >= 11 is 0. The second-order valence-corrected chi connectivity index (χ2v) is 6.21. The van der Waals surface area contributed by atoms with Crippen LogP contribution in [-0.4, -0.2) is 19.4 Å². The molecule has 4 rings (SSSR count). The van der Waals surface area contributed by atoms with E-state index in [0.29, 0.717) is 22.7 Å². The lowest BCUT2D eigenvalue weighted by Gasteiger charge is -2.11. The fourth-order valence-corrected chi connectivity index (χ4v) is 2.83. The number of nitrogen functional groups attached to an aromatic ring is 1. The van der Waals surface area contributed by atoms with Crippen molar-refractivity contribution in [1.29, 1.82) is 0 Å². The van der Waals surface area contributed by atoms with Gasteiger partial charge in [0.15, 0.2) is 17.5 Å². The molecule has 3 heterocycles. The quantitative estimate of drug-likeness (QED) is 0.572. The summed E-state index contributed by atoms with van der Waals surface area (Å²) < 4.78 is 29.7. The Balaban J connectivity index is 1.85. The van der Waals surface area contributed by atoms with Crippen LogP contribution in [0.4, 0.5) is 26.1 Å². The van der Waals surface area contributed by atoms with E-state index in [0.717, 1.165) is 5.56 Å². The number of benzene rings is 1. The molecule has 27 heavy (non-hydrogen) atoms. The second-order valence-electron chi connectivity index (χ2n) is 6.21. The molecular formula is C19H16F2N6. The first-order valence-corrected chi connectivity index (χ1v) is 8.23. The Labute approximate surface area is 153 Å². The molecule has 1 aromatic carbocycles. The molecule has 3 aromatic heterocycles. The van der Waals surface area contributed by atoms with Crippen molar-refractivity contribution >= 4 is 23.0 Å². The van der Waals surface area contributed by atoms with Gasteiger partial charge < -0.3 is 11.1 Å². The third-order valence-electron chi connectivity index (χ3n) is 4.16. The molecule has 0 aliphatic heterocycles. The lowest BCUT2D eigenvalue weighted by atomic mass is 10.2. The average Bonchev–Trinajstić information content (AvgIpc) is 2.95. The Kier molecular flexibility index (Phi) is 3.95. The molecule has 0 amide bonds. The summed E-state index contributed by atoms with van der Waals surface area (Å²) in [5.41, 5.74) is 9.05. The minimum absolute atomic E-state index is 0.0629. The molecule has 0 saturated carbocycles. The molecule has 6 nitrogen and oxygen atoms in total. The van der Waals surface area contributed by atoms with Crippen LogP contribution in [-0.2, 0) is 0 Å². The number of hydrogen-bond acceptors (Lipinski definition) is 5. The smallest absolute Gasteiger partial charge is 0.207 e. The molecule has 0 fully saturated rings. The number of nitrogens with two attached hydrogens (primary N) is 1. The SMILES string of the molecule is Cc1ccc(Nc2nc(-c3c(C)nc4ccc(F)cn34)nc(N)c2F)cc1. The Hall–Kier alpha value is -3.55. The van der Waals surface area contributed by atoms with E-state index in [1.807, 2.05) is 31.2 Å². The fourth-order valence-electron chi connectivity index (χ4n) is 2.83. The number of anilines is 3. The van der Waals surface area contributed by atoms with E-state index in [1.54, 1.807) is 13.0 Å². The van der Waals surface area contributed by atoms with Gasteiger partial charge in [-0.1, -0.05) is 17.7 Å². The van der Waals surface area contributed by atoms with Gasteiger partial charge in [-0.15, -0.1) is 0 Å². The highest BCUT2D eigenvalue weighted by atomic mass is 19.1. The van der Waals surface area contributed by atoms with Crippen LogP contribution in [0.15, 0.2) is 42.6 Å². The number of hydrogen-bond donors (Lipinski definition) is 2. The zero-order valence-corrected chi connectivity index (χ0v) is 14.7. The highest BCUT2D eigenvalue weighted by Gasteiger charge is 2.19. The summed E-state index contributed by atoms with van der Waals surface area (Å²) in [4.78, 5) is 12.7. The number of halogens is 2. The molecule has 0 spiro atoms. The number of imidazole rings is 1. The molecule has 0 aliphatic carbocycles. The van der Waals surface area contributed by atoms with E-state index in [9.17, 15) is 8.78 Å². The second kappa shape index (κ2) is 6.31. The topological polar surface area (TPSA) is 81.1 Å². The van der Waals surface area contributed by atoms with E-state index in [-0.39, 0.29) is 17.5 Å². The van der Waals surface area contributed by atoms with Crippen molar-refractivity contribution in [3.8, 4) is 11.5 Å². The minimum atomic E-state index is -0.753. The van der Waals surface area contributed by atoms with Crippen molar-refractivity contribution in [3.63, 3.8) is 0 Å². The number of nitrogens with one attached hydrogen (secondary N) is 1. The van der Waals surface area contributed by atoms with Crippen LogP contribution in [0.3, 0.4) is 0 Å². The average molecular weight is 366 g/mol. The van der Waals surface area contributed by atoms with Gasteiger partial charge in [0, 0.05) is 11.9 Å². The number of aromatic nitrogens is 4. The van der Waals surface area contributed by atoms with E-state index in [1.165, 1.54) is 16.7 Å². The normalized spacial score (nSPS) is 11.1. The summed E-state index contributed by atoms with van der Waals surface area (Å²) in [7, 11) is 0. The Bertz CT molecular complexity index is 1150. The third kappa shape index (κ3) is 3.05. The Morgan fingerprint density at radius 1 is 0.963 bits per heavy atom. The van der Waals surface area contributed by atoms with Crippen molar-refractivity contribution in [3.05, 3.63) is 65.5 Å². The predicted molar refractivity (Wildman–Crippen MR) is 99.7 cm³/mol. The van der Waals surface area contributed by atoms with Gasteiger partial charge in [-0.2, -0.15) is 4.39 Å². The number of nitrogens with zero attached hydrogens (tertiary/aromatic N) is 4. The number of aryl methyl sites for hydroxylation is 2. The summed E-state index contributed by atoms with van der Waals surface area (Å²) in [6.07, 6.45) is 1.28. The zero-order valence-electron chi connectivity index (χ0n) is 14.7. The lowest BCUT2D eigenvalue weighted by molar-refractivity contribution is 0.619. The van der Waals surface area contributed by atoms with Gasteiger partial charge in [0.25, 0.3) is 0 Å². The summed E-state index contributed by atoms with van der Waals surface area (Å²) in [6.45, 7) is 3.70. The monoisotopic (exact) mass is 366 g/mol.